The van der Waals surface area contributed by atoms with Crippen LogP contribution in [0.2, 0.25) is 0 Å². The summed E-state index contributed by atoms with van der Waals surface area (Å²) in [6, 6.07) is 11.8. The second-order valence-electron chi connectivity index (χ2n) is 5.95. The minimum absolute atomic E-state index is 0.0190. The Bertz CT molecular complexity index is 791. The molecule has 0 heterocycles. The zero-order valence-electron chi connectivity index (χ0n) is 15.0. The van der Waals surface area contributed by atoms with Crippen molar-refractivity contribution in [3.63, 3.8) is 0 Å². The van der Waals surface area contributed by atoms with Crippen LogP contribution in [0.25, 0.3) is 0 Å². The van der Waals surface area contributed by atoms with E-state index in [0.717, 1.165) is 5.56 Å². The van der Waals surface area contributed by atoms with E-state index in [9.17, 15) is 14.0 Å². The zero-order valence-corrected chi connectivity index (χ0v) is 15.0. The first-order valence-electron chi connectivity index (χ1n) is 8.31. The molecule has 0 radical (unpaired) electrons. The van der Waals surface area contributed by atoms with Gasteiger partial charge in [0, 0.05) is 5.69 Å². The van der Waals surface area contributed by atoms with Crippen LogP contribution in [0.5, 0.6) is 5.75 Å². The SMILES string of the molecule is Cc1ccc(NC(=O)C(C)OC(=O)CCOc2ccccc2C)cc1F. The summed E-state index contributed by atoms with van der Waals surface area (Å²) in [6.45, 7) is 5.15. The molecule has 0 aliphatic carbocycles. The summed E-state index contributed by atoms with van der Waals surface area (Å²) in [5.74, 6) is -0.786. The number of esters is 1. The van der Waals surface area contributed by atoms with Crippen molar-refractivity contribution in [3.05, 3.63) is 59.4 Å². The third-order valence-corrected chi connectivity index (χ3v) is 3.77. The Morgan fingerprint density at radius 1 is 1.12 bits per heavy atom. The fourth-order valence-corrected chi connectivity index (χ4v) is 2.19. The Kier molecular flexibility index (Phi) is 6.72. The molecule has 0 aromatic heterocycles. The highest BCUT2D eigenvalue weighted by atomic mass is 19.1. The highest BCUT2D eigenvalue weighted by Crippen LogP contribution is 2.16. The highest BCUT2D eigenvalue weighted by molar-refractivity contribution is 5.95. The summed E-state index contributed by atoms with van der Waals surface area (Å²) in [7, 11) is 0. The van der Waals surface area contributed by atoms with Gasteiger partial charge in [0.1, 0.15) is 11.6 Å². The summed E-state index contributed by atoms with van der Waals surface area (Å²) in [6.07, 6.45) is -0.976. The summed E-state index contributed by atoms with van der Waals surface area (Å²) in [4.78, 5) is 23.9. The van der Waals surface area contributed by atoms with Crippen LogP contribution >= 0.6 is 0 Å². The molecule has 1 atom stereocenters. The number of halogens is 1. The average Bonchev–Trinajstić information content (AvgIpc) is 2.59. The minimum Gasteiger partial charge on any atom is -0.493 e. The molecule has 6 heteroatoms. The van der Waals surface area contributed by atoms with Crippen LogP contribution in [0, 0.1) is 19.7 Å². The first-order chi connectivity index (χ1) is 12.4. The number of anilines is 1. The number of carbonyl (C=O) groups is 2. The van der Waals surface area contributed by atoms with E-state index in [2.05, 4.69) is 5.32 Å². The van der Waals surface area contributed by atoms with Crippen LogP contribution in [0.4, 0.5) is 10.1 Å². The van der Waals surface area contributed by atoms with Gasteiger partial charge >= 0.3 is 5.97 Å². The number of nitrogens with one attached hydrogen (secondary N) is 1. The van der Waals surface area contributed by atoms with Gasteiger partial charge in [-0.1, -0.05) is 24.3 Å². The first kappa shape index (κ1) is 19.4. The smallest absolute Gasteiger partial charge is 0.310 e. The van der Waals surface area contributed by atoms with Crippen molar-refractivity contribution in [1.29, 1.82) is 0 Å². The van der Waals surface area contributed by atoms with Gasteiger partial charge in [0.2, 0.25) is 0 Å². The molecule has 0 saturated carbocycles. The monoisotopic (exact) mass is 359 g/mol. The fraction of sp³-hybridized carbons (Fsp3) is 0.300. The topological polar surface area (TPSA) is 64.6 Å². The number of aryl methyl sites for hydroxylation is 2. The van der Waals surface area contributed by atoms with Gasteiger partial charge in [-0.15, -0.1) is 0 Å². The number of amides is 1. The van der Waals surface area contributed by atoms with Gasteiger partial charge in [-0.2, -0.15) is 0 Å². The zero-order chi connectivity index (χ0) is 19.1. The number of carbonyl (C=O) groups excluding carboxylic acids is 2. The molecule has 138 valence electrons. The average molecular weight is 359 g/mol. The summed E-state index contributed by atoms with van der Waals surface area (Å²) in [5.41, 5.74) is 1.76. The number of benzene rings is 2. The maximum absolute atomic E-state index is 13.5. The van der Waals surface area contributed by atoms with E-state index >= 15 is 0 Å². The molecule has 0 spiro atoms. The lowest BCUT2D eigenvalue weighted by molar-refractivity contribution is -0.153. The number of rotatable bonds is 7. The van der Waals surface area contributed by atoms with Crippen LogP contribution in [-0.4, -0.2) is 24.6 Å². The van der Waals surface area contributed by atoms with Crippen LogP contribution in [-0.2, 0) is 14.3 Å². The van der Waals surface area contributed by atoms with Gasteiger partial charge in [-0.25, -0.2) is 4.39 Å². The van der Waals surface area contributed by atoms with Crippen LogP contribution in [0.1, 0.15) is 24.5 Å². The van der Waals surface area contributed by atoms with E-state index in [1.54, 1.807) is 19.1 Å². The van der Waals surface area contributed by atoms with Crippen molar-refractivity contribution in [2.24, 2.45) is 0 Å². The second kappa shape index (κ2) is 8.99. The molecule has 5 nitrogen and oxygen atoms in total. The number of hydrogen-bond acceptors (Lipinski definition) is 4. The standard InChI is InChI=1S/C20H22FNO4/c1-13-8-9-16(12-17(13)21)22-20(24)15(3)26-19(23)10-11-25-18-7-5-4-6-14(18)2/h4-9,12,15H,10-11H2,1-3H3,(H,22,24). The van der Waals surface area contributed by atoms with Crippen molar-refractivity contribution < 1.29 is 23.5 Å². The summed E-state index contributed by atoms with van der Waals surface area (Å²) in [5, 5.41) is 2.52. The lowest BCUT2D eigenvalue weighted by atomic mass is 10.2. The number of ether oxygens (including phenoxy) is 2. The fourth-order valence-electron chi connectivity index (χ4n) is 2.19. The normalized spacial score (nSPS) is 11.5. The molecule has 2 rings (SSSR count). The van der Waals surface area contributed by atoms with Gasteiger partial charge in [0.15, 0.2) is 6.10 Å². The van der Waals surface area contributed by atoms with Crippen molar-refractivity contribution in [3.8, 4) is 5.75 Å². The Labute approximate surface area is 152 Å². The summed E-state index contributed by atoms with van der Waals surface area (Å²) >= 11 is 0. The van der Waals surface area contributed by atoms with Crippen LogP contribution < -0.4 is 10.1 Å². The molecular weight excluding hydrogens is 337 g/mol. The Morgan fingerprint density at radius 3 is 2.54 bits per heavy atom. The lowest BCUT2D eigenvalue weighted by Gasteiger charge is -2.14. The quantitative estimate of drug-likeness (QED) is 0.764. The first-order valence-corrected chi connectivity index (χ1v) is 8.31. The Hall–Kier alpha value is -2.89. The van der Waals surface area contributed by atoms with E-state index in [1.807, 2.05) is 31.2 Å². The molecule has 0 aliphatic heterocycles. The molecule has 1 unspecified atom stereocenters. The minimum atomic E-state index is -0.995. The molecule has 1 N–H and O–H groups in total. The Balaban J connectivity index is 1.77. The molecule has 0 saturated heterocycles. The molecule has 0 bridgehead atoms. The van der Waals surface area contributed by atoms with Gasteiger partial charge in [0.25, 0.3) is 5.91 Å². The van der Waals surface area contributed by atoms with Crippen molar-refractivity contribution in [1.82, 2.24) is 0 Å². The third kappa shape index (κ3) is 5.58. The van der Waals surface area contributed by atoms with Gasteiger partial charge in [-0.05, 0) is 50.1 Å². The molecule has 26 heavy (non-hydrogen) atoms. The van der Waals surface area contributed by atoms with Gasteiger partial charge < -0.3 is 14.8 Å². The van der Waals surface area contributed by atoms with E-state index in [4.69, 9.17) is 9.47 Å². The number of hydrogen-bond donors (Lipinski definition) is 1. The summed E-state index contributed by atoms with van der Waals surface area (Å²) < 4.78 is 24.1. The van der Waals surface area contributed by atoms with Crippen molar-refractivity contribution in [2.75, 3.05) is 11.9 Å². The maximum Gasteiger partial charge on any atom is 0.310 e. The van der Waals surface area contributed by atoms with Crippen molar-refractivity contribution >= 4 is 17.6 Å². The van der Waals surface area contributed by atoms with Crippen LogP contribution in [0.15, 0.2) is 42.5 Å². The second-order valence-corrected chi connectivity index (χ2v) is 5.95. The molecule has 2 aromatic carbocycles. The third-order valence-electron chi connectivity index (χ3n) is 3.77. The van der Waals surface area contributed by atoms with Crippen LogP contribution in [0.3, 0.4) is 0 Å². The van der Waals surface area contributed by atoms with Crippen molar-refractivity contribution in [2.45, 2.75) is 33.3 Å². The number of para-hydroxylation sites is 1. The molecular formula is C20H22FNO4. The van der Waals surface area contributed by atoms with Gasteiger partial charge in [0.05, 0.1) is 13.0 Å². The Morgan fingerprint density at radius 2 is 1.85 bits per heavy atom. The predicted octanol–water partition coefficient (Wildman–Crippen LogP) is 3.78. The van der Waals surface area contributed by atoms with Gasteiger partial charge in [-0.3, -0.25) is 9.59 Å². The highest BCUT2D eigenvalue weighted by Gasteiger charge is 2.18. The van der Waals surface area contributed by atoms with E-state index in [0.29, 0.717) is 17.0 Å². The molecule has 0 fully saturated rings. The van der Waals surface area contributed by atoms with E-state index in [1.165, 1.54) is 13.0 Å². The van der Waals surface area contributed by atoms with E-state index < -0.39 is 23.8 Å². The molecule has 1 amide bonds. The predicted molar refractivity (Wildman–Crippen MR) is 96.6 cm³/mol. The van der Waals surface area contributed by atoms with E-state index in [-0.39, 0.29) is 13.0 Å². The largest absolute Gasteiger partial charge is 0.493 e. The lowest BCUT2D eigenvalue weighted by Crippen LogP contribution is -2.30. The molecule has 2 aromatic rings. The maximum atomic E-state index is 13.5. The molecule has 0 aliphatic rings.